The number of pyridine rings is 1. The molecule has 0 fully saturated rings. The van der Waals surface area contributed by atoms with Crippen molar-refractivity contribution in [2.75, 3.05) is 27.2 Å². The predicted molar refractivity (Wildman–Crippen MR) is 126 cm³/mol. The lowest BCUT2D eigenvalue weighted by molar-refractivity contribution is -0.128. The summed E-state index contributed by atoms with van der Waals surface area (Å²) in [5.41, 5.74) is 6.78. The van der Waals surface area contributed by atoms with E-state index in [9.17, 15) is 19.2 Å². The van der Waals surface area contributed by atoms with Crippen LogP contribution in [0.5, 0.6) is 0 Å². The van der Waals surface area contributed by atoms with Gasteiger partial charge in [0.1, 0.15) is 12.1 Å². The Morgan fingerprint density at radius 3 is 2.55 bits per heavy atom. The monoisotopic (exact) mass is 445 g/mol. The molecular formula is C24H23N5O4. The van der Waals surface area contributed by atoms with E-state index in [0.717, 1.165) is 5.39 Å². The minimum atomic E-state index is -0.812. The number of carbonyl (C=O) groups is 3. The second-order valence-electron chi connectivity index (χ2n) is 7.73. The van der Waals surface area contributed by atoms with E-state index in [0.29, 0.717) is 22.1 Å². The van der Waals surface area contributed by atoms with Gasteiger partial charge in [0.2, 0.25) is 11.3 Å². The summed E-state index contributed by atoms with van der Waals surface area (Å²) >= 11 is 0. The van der Waals surface area contributed by atoms with Crippen LogP contribution in [0.25, 0.3) is 27.5 Å². The quantitative estimate of drug-likeness (QED) is 0.465. The first-order valence-corrected chi connectivity index (χ1v) is 10.3. The zero-order chi connectivity index (χ0) is 23.7. The van der Waals surface area contributed by atoms with E-state index in [1.54, 1.807) is 55.2 Å². The van der Waals surface area contributed by atoms with Crippen LogP contribution in [-0.4, -0.2) is 58.9 Å². The first-order valence-electron chi connectivity index (χ1n) is 10.3. The van der Waals surface area contributed by atoms with Gasteiger partial charge in [-0.3, -0.25) is 23.7 Å². The van der Waals surface area contributed by atoms with E-state index in [-0.39, 0.29) is 30.5 Å². The van der Waals surface area contributed by atoms with E-state index in [1.165, 1.54) is 15.7 Å². The highest BCUT2D eigenvalue weighted by atomic mass is 16.2. The molecule has 2 aromatic heterocycles. The van der Waals surface area contributed by atoms with Crippen molar-refractivity contribution >= 4 is 39.5 Å². The number of likely N-dealkylation sites (N-methyl/N-ethyl adjacent to an activating group) is 2. The molecule has 3 N–H and O–H groups in total. The fraction of sp³-hybridized carbons (Fsp3) is 0.167. The summed E-state index contributed by atoms with van der Waals surface area (Å²) < 4.78 is 3.20. The Balaban J connectivity index is 1.82. The number of rotatable bonds is 6. The first kappa shape index (κ1) is 22.0. The van der Waals surface area contributed by atoms with Crippen LogP contribution in [0.2, 0.25) is 0 Å². The van der Waals surface area contributed by atoms with Crippen molar-refractivity contribution in [3.05, 3.63) is 76.7 Å². The highest BCUT2D eigenvalue weighted by Crippen LogP contribution is 2.23. The zero-order valence-electron chi connectivity index (χ0n) is 18.2. The normalized spacial score (nSPS) is 11.1. The molecule has 0 radical (unpaired) electrons. The summed E-state index contributed by atoms with van der Waals surface area (Å²) in [6.45, 7) is 0.0588. The standard InChI is InChI=1S/C24H23N5O4/c1-26-12-21(30)27(2)14-22(31)28-10-9-15-7-8-16(11-20(15)28)29-13-18(24(25)33)23(32)17-5-3-4-6-19(17)29/h3-11,13,26H,12,14H2,1-2H3,(H2,25,33). The van der Waals surface area contributed by atoms with E-state index in [1.807, 2.05) is 18.2 Å². The summed E-state index contributed by atoms with van der Waals surface area (Å²) in [6, 6.07) is 14.2. The molecule has 2 amide bonds. The molecule has 0 aliphatic carbocycles. The zero-order valence-corrected chi connectivity index (χ0v) is 18.2. The van der Waals surface area contributed by atoms with Gasteiger partial charge >= 0.3 is 0 Å². The van der Waals surface area contributed by atoms with E-state index >= 15 is 0 Å². The van der Waals surface area contributed by atoms with Crippen molar-refractivity contribution < 1.29 is 14.4 Å². The van der Waals surface area contributed by atoms with Gasteiger partial charge in [-0.05, 0) is 37.4 Å². The Hall–Kier alpha value is -4.24. The number of carbonyl (C=O) groups excluding carboxylic acids is 3. The highest BCUT2D eigenvalue weighted by Gasteiger charge is 2.17. The lowest BCUT2D eigenvalue weighted by Gasteiger charge is -2.17. The Labute approximate surface area is 189 Å². The number of nitrogens with zero attached hydrogens (tertiary/aromatic N) is 3. The number of benzene rings is 2. The van der Waals surface area contributed by atoms with Crippen LogP contribution in [0.4, 0.5) is 0 Å². The minimum Gasteiger partial charge on any atom is -0.365 e. The second-order valence-corrected chi connectivity index (χ2v) is 7.73. The number of amides is 2. The number of para-hydroxylation sites is 1. The van der Waals surface area contributed by atoms with E-state index in [2.05, 4.69) is 5.32 Å². The highest BCUT2D eigenvalue weighted by molar-refractivity contribution is 5.98. The van der Waals surface area contributed by atoms with Crippen molar-refractivity contribution in [3.8, 4) is 5.69 Å². The average Bonchev–Trinajstić information content (AvgIpc) is 3.23. The molecule has 0 bridgehead atoms. The van der Waals surface area contributed by atoms with Crippen LogP contribution in [0.15, 0.2) is 65.7 Å². The molecule has 0 unspecified atom stereocenters. The number of aromatic nitrogens is 2. The molecule has 4 rings (SSSR count). The van der Waals surface area contributed by atoms with Gasteiger partial charge in [-0.15, -0.1) is 0 Å². The molecule has 9 nitrogen and oxygen atoms in total. The molecule has 2 aromatic carbocycles. The fourth-order valence-electron chi connectivity index (χ4n) is 3.80. The number of primary amides is 1. The van der Waals surface area contributed by atoms with Crippen molar-refractivity contribution in [1.82, 2.24) is 19.4 Å². The fourth-order valence-corrected chi connectivity index (χ4v) is 3.80. The van der Waals surface area contributed by atoms with Crippen LogP contribution in [-0.2, 0) is 4.79 Å². The SMILES string of the molecule is CNCC(=O)N(C)CC(=O)n1ccc2ccc(-n3cc(C(N)=O)c(=O)c4ccccc43)cc21. The van der Waals surface area contributed by atoms with Gasteiger partial charge < -0.3 is 20.5 Å². The summed E-state index contributed by atoms with van der Waals surface area (Å²) in [7, 11) is 3.24. The molecule has 4 aromatic rings. The molecule has 2 heterocycles. The topological polar surface area (TPSA) is 119 Å². The average molecular weight is 445 g/mol. The van der Waals surface area contributed by atoms with E-state index < -0.39 is 11.3 Å². The number of nitrogens with two attached hydrogens (primary N) is 1. The molecule has 0 aliphatic rings. The summed E-state index contributed by atoms with van der Waals surface area (Å²) in [5, 5.41) is 3.97. The van der Waals surface area contributed by atoms with E-state index in [4.69, 9.17) is 5.73 Å². The maximum absolute atomic E-state index is 12.9. The number of nitrogens with one attached hydrogen (secondary N) is 1. The smallest absolute Gasteiger partial charge is 0.254 e. The summed E-state index contributed by atoms with van der Waals surface area (Å²) in [4.78, 5) is 50.9. The van der Waals surface area contributed by atoms with Crippen molar-refractivity contribution in [3.63, 3.8) is 0 Å². The Morgan fingerprint density at radius 2 is 1.82 bits per heavy atom. The first-order chi connectivity index (χ1) is 15.8. The number of hydrogen-bond acceptors (Lipinski definition) is 5. The summed E-state index contributed by atoms with van der Waals surface area (Å²) in [5.74, 6) is -1.27. The molecule has 0 saturated carbocycles. The number of hydrogen-bond donors (Lipinski definition) is 2. The van der Waals surface area contributed by atoms with Crippen molar-refractivity contribution in [2.45, 2.75) is 0 Å². The third kappa shape index (κ3) is 4.01. The van der Waals surface area contributed by atoms with Crippen LogP contribution < -0.4 is 16.5 Å². The van der Waals surface area contributed by atoms with Gasteiger partial charge in [-0.1, -0.05) is 18.2 Å². The maximum atomic E-state index is 12.9. The van der Waals surface area contributed by atoms with Crippen LogP contribution in [0, 0.1) is 0 Å². The van der Waals surface area contributed by atoms with Crippen LogP contribution in [0.3, 0.4) is 0 Å². The minimum absolute atomic E-state index is 0.0820. The van der Waals surface area contributed by atoms with Gasteiger partial charge in [-0.2, -0.15) is 0 Å². The molecule has 33 heavy (non-hydrogen) atoms. The number of fused-ring (bicyclic) bond motifs is 2. The molecule has 168 valence electrons. The molecule has 0 aliphatic heterocycles. The summed E-state index contributed by atoms with van der Waals surface area (Å²) in [6.07, 6.45) is 3.08. The van der Waals surface area contributed by atoms with Crippen molar-refractivity contribution in [2.24, 2.45) is 5.73 Å². The molecular weight excluding hydrogens is 422 g/mol. The molecule has 0 atom stereocenters. The van der Waals surface area contributed by atoms with Crippen LogP contribution in [0.1, 0.15) is 15.2 Å². The Morgan fingerprint density at radius 1 is 1.06 bits per heavy atom. The van der Waals surface area contributed by atoms with Crippen LogP contribution >= 0.6 is 0 Å². The maximum Gasteiger partial charge on any atom is 0.254 e. The Kier molecular flexibility index (Phi) is 5.80. The van der Waals surface area contributed by atoms with Gasteiger partial charge in [0.15, 0.2) is 0 Å². The van der Waals surface area contributed by atoms with Gasteiger partial charge in [0, 0.05) is 35.9 Å². The second kappa shape index (κ2) is 8.71. The van der Waals surface area contributed by atoms with Gasteiger partial charge in [-0.25, -0.2) is 0 Å². The largest absolute Gasteiger partial charge is 0.365 e. The van der Waals surface area contributed by atoms with Gasteiger partial charge in [0.05, 0.1) is 17.6 Å². The lowest BCUT2D eigenvalue weighted by atomic mass is 10.1. The third-order valence-corrected chi connectivity index (χ3v) is 5.53. The van der Waals surface area contributed by atoms with Gasteiger partial charge in [0.25, 0.3) is 11.8 Å². The molecule has 0 spiro atoms. The molecule has 0 saturated heterocycles. The van der Waals surface area contributed by atoms with Crippen molar-refractivity contribution in [1.29, 1.82) is 0 Å². The lowest BCUT2D eigenvalue weighted by Crippen LogP contribution is -2.38. The molecule has 9 heteroatoms. The Bertz CT molecular complexity index is 1470. The predicted octanol–water partition coefficient (Wildman–Crippen LogP) is 1.36. The third-order valence-electron chi connectivity index (χ3n) is 5.53.